The number of ether oxygens (including phenoxy) is 1. The highest BCUT2D eigenvalue weighted by molar-refractivity contribution is 4.72. The molecule has 0 aliphatic rings. The Kier molecular flexibility index (Phi) is 9.42. The molecule has 1 unspecified atom stereocenters. The maximum absolute atomic E-state index is 5.51. The molecule has 0 rings (SSSR count). The summed E-state index contributed by atoms with van der Waals surface area (Å²) in [5, 5.41) is 3.40. The van der Waals surface area contributed by atoms with Crippen LogP contribution in [0.15, 0.2) is 0 Å². The molecule has 1 N–H and O–H groups in total. The first-order valence-electron chi connectivity index (χ1n) is 6.05. The Morgan fingerprint density at radius 3 is 2.14 bits per heavy atom. The van der Waals surface area contributed by atoms with Crippen molar-refractivity contribution in [3.63, 3.8) is 0 Å². The van der Waals surface area contributed by atoms with Crippen LogP contribution in [0.2, 0.25) is 0 Å². The van der Waals surface area contributed by atoms with E-state index in [1.54, 1.807) is 0 Å². The zero-order chi connectivity index (χ0) is 10.8. The Morgan fingerprint density at radius 1 is 1.07 bits per heavy atom. The summed E-state index contributed by atoms with van der Waals surface area (Å²) in [6.07, 6.45) is 4.78. The maximum Gasteiger partial charge on any atom is 0.0480 e. The molecule has 0 spiro atoms. The van der Waals surface area contributed by atoms with Gasteiger partial charge in [-0.1, -0.05) is 33.6 Å². The zero-order valence-corrected chi connectivity index (χ0v) is 10.3. The van der Waals surface area contributed by atoms with Crippen molar-refractivity contribution in [1.82, 2.24) is 5.32 Å². The molecule has 0 aromatic heterocycles. The third-order valence-corrected chi connectivity index (χ3v) is 2.91. The van der Waals surface area contributed by atoms with Gasteiger partial charge in [-0.3, -0.25) is 0 Å². The second kappa shape index (κ2) is 9.47. The van der Waals surface area contributed by atoms with Crippen molar-refractivity contribution in [2.24, 2.45) is 5.92 Å². The molecule has 0 aliphatic heterocycles. The molecular formula is C12H27NO. The van der Waals surface area contributed by atoms with Crippen LogP contribution in [-0.2, 0) is 4.74 Å². The molecule has 1 atom stereocenters. The predicted molar refractivity (Wildman–Crippen MR) is 62.6 cm³/mol. The van der Waals surface area contributed by atoms with Crippen molar-refractivity contribution < 1.29 is 4.74 Å². The van der Waals surface area contributed by atoms with E-state index in [0.29, 0.717) is 6.04 Å². The van der Waals surface area contributed by atoms with Crippen molar-refractivity contribution in [2.75, 3.05) is 20.3 Å². The number of hydrogen-bond acceptors (Lipinski definition) is 2. The van der Waals surface area contributed by atoms with Crippen molar-refractivity contribution in [3.8, 4) is 0 Å². The molecule has 0 aliphatic carbocycles. The third kappa shape index (κ3) is 5.61. The van der Waals surface area contributed by atoms with Crippen LogP contribution < -0.4 is 5.32 Å². The highest BCUT2D eigenvalue weighted by Gasteiger charge is 2.15. The lowest BCUT2D eigenvalue weighted by Gasteiger charge is -2.24. The molecule has 2 nitrogen and oxygen atoms in total. The highest BCUT2D eigenvalue weighted by Crippen LogP contribution is 2.15. The van der Waals surface area contributed by atoms with Gasteiger partial charge in [0.2, 0.25) is 0 Å². The molecule has 0 saturated carbocycles. The minimum atomic E-state index is 0.627. The Hall–Kier alpha value is -0.0800. The van der Waals surface area contributed by atoms with E-state index in [9.17, 15) is 0 Å². The normalized spacial score (nSPS) is 13.5. The molecule has 0 fully saturated rings. The average Bonchev–Trinajstić information content (AvgIpc) is 2.23. The first kappa shape index (κ1) is 13.9. The summed E-state index contributed by atoms with van der Waals surface area (Å²) >= 11 is 0. The van der Waals surface area contributed by atoms with E-state index in [-0.39, 0.29) is 0 Å². The van der Waals surface area contributed by atoms with E-state index in [0.717, 1.165) is 32.0 Å². The fourth-order valence-electron chi connectivity index (χ4n) is 1.93. The summed E-state index contributed by atoms with van der Waals surface area (Å²) in [5.41, 5.74) is 0. The fourth-order valence-corrected chi connectivity index (χ4v) is 1.93. The van der Waals surface area contributed by atoms with Gasteiger partial charge in [0.25, 0.3) is 0 Å². The molecule has 0 aromatic rings. The van der Waals surface area contributed by atoms with Gasteiger partial charge >= 0.3 is 0 Å². The van der Waals surface area contributed by atoms with Crippen molar-refractivity contribution in [1.29, 1.82) is 0 Å². The Morgan fingerprint density at radius 2 is 1.71 bits per heavy atom. The van der Waals surface area contributed by atoms with Gasteiger partial charge in [0.05, 0.1) is 0 Å². The lowest BCUT2D eigenvalue weighted by Crippen LogP contribution is -2.34. The van der Waals surface area contributed by atoms with Crippen LogP contribution in [-0.4, -0.2) is 26.3 Å². The van der Waals surface area contributed by atoms with Crippen LogP contribution in [0.3, 0.4) is 0 Å². The molecule has 0 saturated heterocycles. The molecule has 14 heavy (non-hydrogen) atoms. The van der Waals surface area contributed by atoms with Crippen LogP contribution >= 0.6 is 0 Å². The molecule has 86 valence electrons. The van der Waals surface area contributed by atoms with E-state index in [2.05, 4.69) is 33.1 Å². The third-order valence-electron chi connectivity index (χ3n) is 2.91. The SMILES string of the molecule is CCCOCCC(NC)C(CC)CC. The van der Waals surface area contributed by atoms with E-state index in [1.807, 2.05) is 0 Å². The van der Waals surface area contributed by atoms with Crippen LogP contribution in [0.25, 0.3) is 0 Å². The van der Waals surface area contributed by atoms with Gasteiger partial charge in [0, 0.05) is 19.3 Å². The number of hydrogen-bond donors (Lipinski definition) is 1. The van der Waals surface area contributed by atoms with Crippen molar-refractivity contribution in [2.45, 2.75) is 52.5 Å². The van der Waals surface area contributed by atoms with Crippen LogP contribution in [0.4, 0.5) is 0 Å². The van der Waals surface area contributed by atoms with Gasteiger partial charge in [-0.2, -0.15) is 0 Å². The molecule has 0 heterocycles. The number of rotatable bonds is 9. The van der Waals surface area contributed by atoms with E-state index in [4.69, 9.17) is 4.74 Å². The molecule has 0 bridgehead atoms. The summed E-state index contributed by atoms with van der Waals surface area (Å²) in [6, 6.07) is 0.627. The molecular weight excluding hydrogens is 174 g/mol. The second-order valence-corrected chi connectivity index (χ2v) is 3.87. The molecule has 2 heteroatoms. The van der Waals surface area contributed by atoms with Gasteiger partial charge in [0.15, 0.2) is 0 Å². The zero-order valence-electron chi connectivity index (χ0n) is 10.3. The predicted octanol–water partition coefficient (Wildman–Crippen LogP) is 2.83. The smallest absolute Gasteiger partial charge is 0.0480 e. The lowest BCUT2D eigenvalue weighted by atomic mass is 9.92. The van der Waals surface area contributed by atoms with Gasteiger partial charge in [-0.25, -0.2) is 0 Å². The minimum Gasteiger partial charge on any atom is -0.381 e. The Labute approximate surface area is 89.4 Å². The first-order valence-corrected chi connectivity index (χ1v) is 6.05. The summed E-state index contributed by atoms with van der Waals surface area (Å²) < 4.78 is 5.51. The Bertz CT molecular complexity index is 113. The lowest BCUT2D eigenvalue weighted by molar-refractivity contribution is 0.117. The summed E-state index contributed by atoms with van der Waals surface area (Å²) in [6.45, 7) is 8.49. The summed E-state index contributed by atoms with van der Waals surface area (Å²) in [7, 11) is 2.06. The number of nitrogens with one attached hydrogen (secondary N) is 1. The van der Waals surface area contributed by atoms with Crippen LogP contribution in [0.5, 0.6) is 0 Å². The van der Waals surface area contributed by atoms with Gasteiger partial charge in [-0.15, -0.1) is 0 Å². The monoisotopic (exact) mass is 201 g/mol. The van der Waals surface area contributed by atoms with Gasteiger partial charge in [-0.05, 0) is 25.8 Å². The topological polar surface area (TPSA) is 21.3 Å². The molecule has 0 amide bonds. The Balaban J connectivity index is 3.65. The van der Waals surface area contributed by atoms with Gasteiger partial charge in [0.1, 0.15) is 0 Å². The summed E-state index contributed by atoms with van der Waals surface area (Å²) in [5.74, 6) is 0.797. The first-order chi connectivity index (χ1) is 6.79. The van der Waals surface area contributed by atoms with Crippen molar-refractivity contribution >= 4 is 0 Å². The quantitative estimate of drug-likeness (QED) is 0.579. The van der Waals surface area contributed by atoms with Crippen LogP contribution in [0.1, 0.15) is 46.5 Å². The van der Waals surface area contributed by atoms with Crippen LogP contribution in [0, 0.1) is 5.92 Å². The fraction of sp³-hybridized carbons (Fsp3) is 1.00. The largest absolute Gasteiger partial charge is 0.381 e. The standard InChI is InChI=1S/C12H27NO/c1-5-9-14-10-8-12(13-4)11(6-2)7-3/h11-13H,5-10H2,1-4H3. The second-order valence-electron chi connectivity index (χ2n) is 3.87. The maximum atomic E-state index is 5.51. The highest BCUT2D eigenvalue weighted by atomic mass is 16.5. The van der Waals surface area contributed by atoms with E-state index in [1.165, 1.54) is 12.8 Å². The minimum absolute atomic E-state index is 0.627. The van der Waals surface area contributed by atoms with E-state index < -0.39 is 0 Å². The molecule has 0 radical (unpaired) electrons. The molecule has 0 aromatic carbocycles. The van der Waals surface area contributed by atoms with Gasteiger partial charge < -0.3 is 10.1 Å². The van der Waals surface area contributed by atoms with E-state index >= 15 is 0 Å². The summed E-state index contributed by atoms with van der Waals surface area (Å²) in [4.78, 5) is 0. The average molecular weight is 201 g/mol. The van der Waals surface area contributed by atoms with Crippen molar-refractivity contribution in [3.05, 3.63) is 0 Å².